The fourth-order valence-electron chi connectivity index (χ4n) is 2.64. The zero-order valence-corrected chi connectivity index (χ0v) is 19.8. The molecule has 0 radical (unpaired) electrons. The summed E-state index contributed by atoms with van der Waals surface area (Å²) in [6, 6.07) is 15.7. The highest BCUT2D eigenvalue weighted by Gasteiger charge is 2.07. The van der Waals surface area contributed by atoms with Gasteiger partial charge in [0.05, 0.1) is 19.5 Å². The number of likely N-dealkylation sites (N-methyl/N-ethyl adjacent to an activating group) is 1. The molecule has 0 atom stereocenters. The van der Waals surface area contributed by atoms with Crippen LogP contribution in [0.25, 0.3) is 0 Å². The number of ether oxygens (including phenoxy) is 1. The van der Waals surface area contributed by atoms with E-state index in [1.165, 1.54) is 12.1 Å². The van der Waals surface area contributed by atoms with Gasteiger partial charge in [-0.15, -0.1) is 24.0 Å². The molecule has 0 aliphatic carbocycles. The Hall–Kier alpha value is -2.36. The van der Waals surface area contributed by atoms with E-state index in [1.807, 2.05) is 49.2 Å². The molecule has 2 rings (SSSR count). The van der Waals surface area contributed by atoms with Crippen molar-refractivity contribution in [3.63, 3.8) is 0 Å². The van der Waals surface area contributed by atoms with Crippen LogP contribution in [-0.2, 0) is 11.2 Å². The second-order valence-electron chi connectivity index (χ2n) is 6.48. The van der Waals surface area contributed by atoms with Gasteiger partial charge in [0.15, 0.2) is 5.96 Å². The second kappa shape index (κ2) is 14.6. The van der Waals surface area contributed by atoms with E-state index in [0.717, 1.165) is 18.3 Å². The van der Waals surface area contributed by atoms with E-state index in [4.69, 9.17) is 4.74 Å². The van der Waals surface area contributed by atoms with Crippen LogP contribution < -0.4 is 15.4 Å². The molecule has 1 amide bonds. The lowest BCUT2D eigenvalue weighted by atomic mass is 10.1. The number of aliphatic imine (C=N–C) groups is 1. The first-order valence-corrected chi connectivity index (χ1v) is 9.77. The van der Waals surface area contributed by atoms with Crippen molar-refractivity contribution in [1.82, 2.24) is 15.5 Å². The Morgan fingerprint density at radius 3 is 2.60 bits per heavy atom. The number of guanidine groups is 1. The Kier molecular flexibility index (Phi) is 12.5. The summed E-state index contributed by atoms with van der Waals surface area (Å²) in [6.07, 6.45) is 0.151. The van der Waals surface area contributed by atoms with Crippen LogP contribution in [0.5, 0.6) is 5.75 Å². The van der Waals surface area contributed by atoms with Gasteiger partial charge in [-0.25, -0.2) is 4.39 Å². The monoisotopic (exact) mass is 528 g/mol. The molecule has 30 heavy (non-hydrogen) atoms. The van der Waals surface area contributed by atoms with Crippen molar-refractivity contribution in [2.75, 3.05) is 39.8 Å². The van der Waals surface area contributed by atoms with Crippen molar-refractivity contribution < 1.29 is 13.9 Å². The quantitative estimate of drug-likeness (QED) is 0.216. The predicted molar refractivity (Wildman–Crippen MR) is 129 cm³/mol. The molecular weight excluding hydrogens is 498 g/mol. The Balaban J connectivity index is 0.00000450. The number of benzene rings is 2. The van der Waals surface area contributed by atoms with Crippen LogP contribution in [0, 0.1) is 5.82 Å². The standard InChI is InChI=1S/C22H29FN4O2.HI/c1-3-24-22(27(2)14-15-29-20-10-5-4-6-11-20)26-13-12-25-21(28)17-18-8-7-9-19(23)16-18;/h4-11,16H,3,12-15,17H2,1-2H3,(H,24,26)(H,25,28);1H. The summed E-state index contributed by atoms with van der Waals surface area (Å²) < 4.78 is 18.9. The first-order chi connectivity index (χ1) is 14.1. The lowest BCUT2D eigenvalue weighted by molar-refractivity contribution is -0.120. The number of hydrogen-bond acceptors (Lipinski definition) is 3. The number of halogens is 2. The van der Waals surface area contributed by atoms with Crippen LogP contribution in [-0.4, -0.2) is 56.6 Å². The van der Waals surface area contributed by atoms with E-state index >= 15 is 0 Å². The van der Waals surface area contributed by atoms with Gasteiger partial charge >= 0.3 is 0 Å². The zero-order chi connectivity index (χ0) is 20.9. The Morgan fingerprint density at radius 1 is 1.13 bits per heavy atom. The van der Waals surface area contributed by atoms with Gasteiger partial charge in [-0.2, -0.15) is 0 Å². The third-order valence-corrected chi connectivity index (χ3v) is 4.08. The Bertz CT molecular complexity index is 790. The molecular formula is C22H30FIN4O2. The summed E-state index contributed by atoms with van der Waals surface area (Å²) in [5.41, 5.74) is 0.650. The van der Waals surface area contributed by atoms with E-state index in [1.54, 1.807) is 12.1 Å². The van der Waals surface area contributed by atoms with Gasteiger partial charge in [0, 0.05) is 20.1 Å². The molecule has 2 N–H and O–H groups in total. The van der Waals surface area contributed by atoms with Crippen molar-refractivity contribution in [1.29, 1.82) is 0 Å². The van der Waals surface area contributed by atoms with Crippen LogP contribution in [0.3, 0.4) is 0 Å². The minimum Gasteiger partial charge on any atom is -0.492 e. The molecule has 2 aromatic rings. The van der Waals surface area contributed by atoms with E-state index in [-0.39, 0.29) is 42.1 Å². The molecule has 0 aliphatic rings. The highest BCUT2D eigenvalue weighted by atomic mass is 127. The smallest absolute Gasteiger partial charge is 0.224 e. The molecule has 0 aliphatic heterocycles. The number of nitrogens with zero attached hydrogens (tertiary/aromatic N) is 2. The Labute approximate surface area is 194 Å². The van der Waals surface area contributed by atoms with Crippen molar-refractivity contribution in [2.45, 2.75) is 13.3 Å². The molecule has 0 fully saturated rings. The molecule has 0 saturated carbocycles. The van der Waals surface area contributed by atoms with Gasteiger partial charge in [-0.05, 0) is 36.8 Å². The van der Waals surface area contributed by atoms with Gasteiger partial charge in [0.25, 0.3) is 0 Å². The number of carbonyl (C=O) groups excluding carboxylic acids is 1. The predicted octanol–water partition coefficient (Wildman–Crippen LogP) is 3.08. The molecule has 6 nitrogen and oxygen atoms in total. The van der Waals surface area contributed by atoms with Gasteiger partial charge in [0.2, 0.25) is 5.91 Å². The van der Waals surface area contributed by atoms with Gasteiger partial charge in [-0.3, -0.25) is 9.79 Å². The van der Waals surface area contributed by atoms with Crippen LogP contribution >= 0.6 is 24.0 Å². The van der Waals surface area contributed by atoms with E-state index in [0.29, 0.717) is 31.8 Å². The molecule has 0 saturated heterocycles. The van der Waals surface area contributed by atoms with E-state index < -0.39 is 0 Å². The normalized spacial score (nSPS) is 10.7. The number of rotatable bonds is 10. The molecule has 8 heteroatoms. The van der Waals surface area contributed by atoms with Crippen LogP contribution in [0.4, 0.5) is 4.39 Å². The third-order valence-electron chi connectivity index (χ3n) is 4.08. The SMILES string of the molecule is CCNC(=NCCNC(=O)Cc1cccc(F)c1)N(C)CCOc1ccccc1.I. The maximum absolute atomic E-state index is 13.2. The average molecular weight is 528 g/mol. The number of hydrogen-bond donors (Lipinski definition) is 2. The summed E-state index contributed by atoms with van der Waals surface area (Å²) in [5.74, 6) is 1.10. The Morgan fingerprint density at radius 2 is 1.90 bits per heavy atom. The minimum atomic E-state index is -0.338. The third kappa shape index (κ3) is 9.91. The molecule has 0 heterocycles. The maximum atomic E-state index is 13.2. The van der Waals surface area contributed by atoms with Gasteiger partial charge in [-0.1, -0.05) is 30.3 Å². The van der Waals surface area contributed by atoms with Crippen LogP contribution in [0.15, 0.2) is 59.6 Å². The first kappa shape index (κ1) is 25.7. The molecule has 0 spiro atoms. The van der Waals surface area contributed by atoms with Crippen LogP contribution in [0.2, 0.25) is 0 Å². The summed E-state index contributed by atoms with van der Waals surface area (Å²) in [5, 5.41) is 6.04. The number of para-hydroxylation sites is 1. The summed E-state index contributed by atoms with van der Waals surface area (Å²) in [4.78, 5) is 18.5. The highest BCUT2D eigenvalue weighted by Crippen LogP contribution is 2.08. The van der Waals surface area contributed by atoms with Crippen LogP contribution in [0.1, 0.15) is 12.5 Å². The minimum absolute atomic E-state index is 0. The summed E-state index contributed by atoms with van der Waals surface area (Å²) >= 11 is 0. The maximum Gasteiger partial charge on any atom is 0.224 e. The van der Waals surface area contributed by atoms with E-state index in [2.05, 4.69) is 15.6 Å². The van der Waals surface area contributed by atoms with Crippen molar-refractivity contribution >= 4 is 35.8 Å². The summed E-state index contributed by atoms with van der Waals surface area (Å²) in [7, 11) is 1.94. The van der Waals surface area contributed by atoms with Gasteiger partial charge in [0.1, 0.15) is 18.2 Å². The molecule has 164 valence electrons. The lowest BCUT2D eigenvalue weighted by Gasteiger charge is -2.22. The van der Waals surface area contributed by atoms with E-state index in [9.17, 15) is 9.18 Å². The molecule has 0 unspecified atom stereocenters. The highest BCUT2D eigenvalue weighted by molar-refractivity contribution is 14.0. The lowest BCUT2D eigenvalue weighted by Crippen LogP contribution is -2.41. The number of carbonyl (C=O) groups is 1. The summed E-state index contributed by atoms with van der Waals surface area (Å²) in [6.45, 7) is 4.82. The fourth-order valence-corrected chi connectivity index (χ4v) is 2.64. The van der Waals surface area contributed by atoms with Crippen molar-refractivity contribution in [3.05, 3.63) is 66.0 Å². The first-order valence-electron chi connectivity index (χ1n) is 9.77. The largest absolute Gasteiger partial charge is 0.492 e. The molecule has 0 aromatic heterocycles. The fraction of sp³-hybridized carbons (Fsp3) is 0.364. The number of amides is 1. The molecule has 2 aromatic carbocycles. The zero-order valence-electron chi connectivity index (χ0n) is 17.4. The van der Waals surface area contributed by atoms with Crippen molar-refractivity contribution in [3.8, 4) is 5.75 Å². The topological polar surface area (TPSA) is 66.0 Å². The number of nitrogens with one attached hydrogen (secondary N) is 2. The van der Waals surface area contributed by atoms with Crippen molar-refractivity contribution in [2.24, 2.45) is 4.99 Å². The molecule has 0 bridgehead atoms. The average Bonchev–Trinajstić information content (AvgIpc) is 2.71. The van der Waals surface area contributed by atoms with Gasteiger partial charge < -0.3 is 20.3 Å². The second-order valence-corrected chi connectivity index (χ2v) is 6.48.